The van der Waals surface area contributed by atoms with E-state index in [0.29, 0.717) is 0 Å². The predicted octanol–water partition coefficient (Wildman–Crippen LogP) is 3.20. The second kappa shape index (κ2) is 28.0. The number of rotatable bonds is 18. The number of unbranched alkanes of at least 4 members (excludes halogenated alkanes) is 13. The second-order valence-electron chi connectivity index (χ2n) is 8.12. The van der Waals surface area contributed by atoms with E-state index in [4.69, 9.17) is 35.4 Å². The van der Waals surface area contributed by atoms with E-state index < -0.39 is 37.0 Å². The number of aliphatic hydroxyl groups is 5. The molecule has 0 aliphatic rings. The molecule has 0 aromatic heterocycles. The Labute approximate surface area is 194 Å². The molecule has 32 heavy (non-hydrogen) atoms. The summed E-state index contributed by atoms with van der Waals surface area (Å²) in [5, 5.41) is 51.0. The third kappa shape index (κ3) is 28.9. The maximum absolute atomic E-state index is 9.90. The first kappa shape index (κ1) is 35.5. The average Bonchev–Trinajstić information content (AvgIpc) is 2.77. The Kier molecular flexibility index (Phi) is 31.1. The minimum Gasteiger partial charge on any atom is -0.481 e. The van der Waals surface area contributed by atoms with Crippen LogP contribution < -0.4 is 0 Å². The number of aldehydes is 1. The number of hydrogen-bond donors (Lipinski definition) is 6. The van der Waals surface area contributed by atoms with Crippen molar-refractivity contribution in [1.29, 1.82) is 0 Å². The summed E-state index contributed by atoms with van der Waals surface area (Å²) in [7, 11) is 0. The summed E-state index contributed by atoms with van der Waals surface area (Å²) in [6.07, 6.45) is 13.6. The first-order valence-electron chi connectivity index (χ1n) is 12.2. The SMILES string of the molecule is CC(=O)O.CCCCCCCCCCCCCCCC.O=C[C@H](O)[C@@H](O)[C@H](O)[C@H](O)CO. The number of carboxylic acids is 1. The van der Waals surface area contributed by atoms with Gasteiger partial charge in [0.1, 0.15) is 24.4 Å². The van der Waals surface area contributed by atoms with Gasteiger partial charge in [-0.05, 0) is 0 Å². The zero-order valence-corrected chi connectivity index (χ0v) is 20.5. The Morgan fingerprint density at radius 2 is 0.969 bits per heavy atom. The minimum atomic E-state index is -1.79. The Hall–Kier alpha value is -1.06. The van der Waals surface area contributed by atoms with Crippen LogP contribution >= 0.6 is 0 Å². The molecule has 0 radical (unpaired) electrons. The quantitative estimate of drug-likeness (QED) is 0.133. The number of hydrogen-bond acceptors (Lipinski definition) is 7. The molecule has 0 unspecified atom stereocenters. The molecular formula is C24H50O8. The van der Waals surface area contributed by atoms with E-state index in [0.717, 1.165) is 6.92 Å². The van der Waals surface area contributed by atoms with Gasteiger partial charge >= 0.3 is 0 Å². The molecule has 0 spiro atoms. The first-order chi connectivity index (χ1) is 15.2. The monoisotopic (exact) mass is 466 g/mol. The highest BCUT2D eigenvalue weighted by atomic mass is 16.4. The zero-order chi connectivity index (χ0) is 25.2. The molecule has 8 heteroatoms. The van der Waals surface area contributed by atoms with E-state index in [1.807, 2.05) is 0 Å². The van der Waals surface area contributed by atoms with Crippen LogP contribution in [0.2, 0.25) is 0 Å². The van der Waals surface area contributed by atoms with Crippen molar-refractivity contribution in [2.75, 3.05) is 6.61 Å². The largest absolute Gasteiger partial charge is 0.481 e. The molecule has 0 bridgehead atoms. The summed E-state index contributed by atoms with van der Waals surface area (Å²) in [5.41, 5.74) is 0. The lowest BCUT2D eigenvalue weighted by Gasteiger charge is -2.22. The highest BCUT2D eigenvalue weighted by Crippen LogP contribution is 2.12. The predicted molar refractivity (Wildman–Crippen MR) is 126 cm³/mol. The Balaban J connectivity index is -0.000000462. The summed E-state index contributed by atoms with van der Waals surface area (Å²) < 4.78 is 0. The lowest BCUT2D eigenvalue weighted by molar-refractivity contribution is -0.136. The van der Waals surface area contributed by atoms with Crippen LogP contribution in [0, 0.1) is 0 Å². The molecule has 0 fully saturated rings. The van der Waals surface area contributed by atoms with Crippen LogP contribution in [0.4, 0.5) is 0 Å². The van der Waals surface area contributed by atoms with Crippen molar-refractivity contribution in [2.24, 2.45) is 0 Å². The first-order valence-corrected chi connectivity index (χ1v) is 12.2. The molecule has 8 nitrogen and oxygen atoms in total. The average molecular weight is 467 g/mol. The standard InChI is InChI=1S/C16H34.C6H12O6.C2H4O2/c1-3-5-7-9-11-13-15-16-14-12-10-8-6-4-2;7-1-3(9)5(11)6(12)4(10)2-8;1-2(3)4/h3-16H2,1-2H3;1,3-6,8-12H,2H2;1H3,(H,3,4)/t;3-,4+,5+,6+;/m.0./s1. The fourth-order valence-electron chi connectivity index (χ4n) is 2.89. The second-order valence-corrected chi connectivity index (χ2v) is 8.12. The van der Waals surface area contributed by atoms with Gasteiger partial charge in [-0.25, -0.2) is 0 Å². The van der Waals surface area contributed by atoms with E-state index in [-0.39, 0.29) is 6.29 Å². The number of aliphatic carboxylic acids is 1. The highest BCUT2D eigenvalue weighted by Gasteiger charge is 2.29. The topological polar surface area (TPSA) is 156 Å². The highest BCUT2D eigenvalue weighted by molar-refractivity contribution is 5.62. The Morgan fingerprint density at radius 1 is 0.688 bits per heavy atom. The Morgan fingerprint density at radius 3 is 1.19 bits per heavy atom. The molecule has 0 heterocycles. The van der Waals surface area contributed by atoms with Crippen LogP contribution in [-0.2, 0) is 9.59 Å². The molecule has 0 aromatic rings. The van der Waals surface area contributed by atoms with Gasteiger partial charge in [-0.15, -0.1) is 0 Å². The van der Waals surface area contributed by atoms with Gasteiger partial charge in [0, 0.05) is 6.92 Å². The van der Waals surface area contributed by atoms with Crippen molar-refractivity contribution in [1.82, 2.24) is 0 Å². The molecule has 4 atom stereocenters. The van der Waals surface area contributed by atoms with Crippen molar-refractivity contribution < 1.29 is 40.2 Å². The molecule has 0 aliphatic carbocycles. The van der Waals surface area contributed by atoms with Crippen LogP contribution in [-0.4, -0.2) is 73.9 Å². The third-order valence-corrected chi connectivity index (χ3v) is 4.88. The van der Waals surface area contributed by atoms with Gasteiger partial charge in [-0.1, -0.05) is 104 Å². The smallest absolute Gasteiger partial charge is 0.300 e. The van der Waals surface area contributed by atoms with Gasteiger partial charge in [0.15, 0.2) is 6.29 Å². The van der Waals surface area contributed by atoms with Crippen molar-refractivity contribution in [2.45, 2.75) is 135 Å². The van der Waals surface area contributed by atoms with Crippen molar-refractivity contribution in [3.8, 4) is 0 Å². The normalized spacial score (nSPS) is 14.1. The third-order valence-electron chi connectivity index (χ3n) is 4.88. The molecule has 0 saturated heterocycles. The van der Waals surface area contributed by atoms with Crippen molar-refractivity contribution in [3.05, 3.63) is 0 Å². The maximum atomic E-state index is 9.90. The number of carboxylic acid groups (broad SMARTS) is 1. The van der Waals surface area contributed by atoms with E-state index in [1.165, 1.54) is 89.9 Å². The molecular weight excluding hydrogens is 416 g/mol. The van der Waals surface area contributed by atoms with Crippen LogP contribution in [0.15, 0.2) is 0 Å². The summed E-state index contributed by atoms with van der Waals surface area (Å²) in [5.74, 6) is -0.833. The minimum absolute atomic E-state index is 0.0258. The lowest BCUT2D eigenvalue weighted by Crippen LogP contribution is -2.46. The van der Waals surface area contributed by atoms with E-state index in [2.05, 4.69) is 13.8 Å². The summed E-state index contributed by atoms with van der Waals surface area (Å²) in [4.78, 5) is 18.9. The van der Waals surface area contributed by atoms with Gasteiger partial charge in [0.05, 0.1) is 6.61 Å². The van der Waals surface area contributed by atoms with Gasteiger partial charge < -0.3 is 35.4 Å². The maximum Gasteiger partial charge on any atom is 0.300 e. The van der Waals surface area contributed by atoms with Crippen LogP contribution in [0.5, 0.6) is 0 Å². The van der Waals surface area contributed by atoms with Crippen LogP contribution in [0.3, 0.4) is 0 Å². The fraction of sp³-hybridized carbons (Fsp3) is 0.917. The van der Waals surface area contributed by atoms with Crippen molar-refractivity contribution in [3.63, 3.8) is 0 Å². The van der Waals surface area contributed by atoms with Gasteiger partial charge in [-0.3, -0.25) is 4.79 Å². The summed E-state index contributed by atoms with van der Waals surface area (Å²) in [6, 6.07) is 0. The number of carbonyl (C=O) groups excluding carboxylic acids is 1. The molecule has 6 N–H and O–H groups in total. The van der Waals surface area contributed by atoms with E-state index in [9.17, 15) is 4.79 Å². The number of carbonyl (C=O) groups is 2. The lowest BCUT2D eigenvalue weighted by atomic mass is 10.0. The molecule has 0 rings (SSSR count). The molecule has 0 aliphatic heterocycles. The molecule has 0 aromatic carbocycles. The van der Waals surface area contributed by atoms with E-state index >= 15 is 0 Å². The number of aliphatic hydroxyl groups excluding tert-OH is 5. The van der Waals surface area contributed by atoms with Crippen molar-refractivity contribution >= 4 is 12.3 Å². The fourth-order valence-corrected chi connectivity index (χ4v) is 2.89. The molecule has 194 valence electrons. The summed E-state index contributed by atoms with van der Waals surface area (Å²) in [6.45, 7) is 4.90. The van der Waals surface area contributed by atoms with Gasteiger partial charge in [-0.2, -0.15) is 0 Å². The van der Waals surface area contributed by atoms with Crippen LogP contribution in [0.1, 0.15) is 111 Å². The Bertz CT molecular complexity index is 374. The van der Waals surface area contributed by atoms with Gasteiger partial charge in [0.25, 0.3) is 5.97 Å². The zero-order valence-electron chi connectivity index (χ0n) is 20.5. The van der Waals surface area contributed by atoms with E-state index in [1.54, 1.807) is 0 Å². The molecule has 0 saturated carbocycles. The summed E-state index contributed by atoms with van der Waals surface area (Å²) >= 11 is 0. The van der Waals surface area contributed by atoms with Gasteiger partial charge in [0.2, 0.25) is 0 Å². The molecule has 0 amide bonds. The van der Waals surface area contributed by atoms with Crippen LogP contribution in [0.25, 0.3) is 0 Å².